The first-order chi connectivity index (χ1) is 30.7. The number of rotatable bonds is 5. The number of fused-ring (bicyclic) bond motifs is 9. The largest absolute Gasteiger partial charge is 0.309 e. The molecule has 0 spiro atoms. The molecule has 3 aromatic heterocycles. The van der Waals surface area contributed by atoms with Gasteiger partial charge in [0.25, 0.3) is 0 Å². The molecule has 0 saturated carbocycles. The predicted molar refractivity (Wildman–Crippen MR) is 262 cm³/mol. The zero-order valence-corrected chi connectivity index (χ0v) is 36.3. The highest BCUT2D eigenvalue weighted by atomic mass is 15.2. The summed E-state index contributed by atoms with van der Waals surface area (Å²) in [6, 6.07) is 63.4. The van der Waals surface area contributed by atoms with Crippen LogP contribution < -0.4 is 0 Å². The Morgan fingerprint density at radius 1 is 0.476 bits per heavy atom. The van der Waals surface area contributed by atoms with Crippen molar-refractivity contribution < 1.29 is 0 Å². The topological polar surface area (TPSA) is 48.5 Å². The first kappa shape index (κ1) is 37.4. The van der Waals surface area contributed by atoms with Crippen molar-refractivity contribution in [3.8, 4) is 45.5 Å². The number of benzene rings is 8. The van der Waals surface area contributed by atoms with E-state index >= 15 is 0 Å². The van der Waals surface area contributed by atoms with Gasteiger partial charge in [0, 0.05) is 43.6 Å². The summed E-state index contributed by atoms with van der Waals surface area (Å²) in [5.74, 6) is 2.36. The van der Waals surface area contributed by atoms with Crippen molar-refractivity contribution in [1.29, 1.82) is 0 Å². The van der Waals surface area contributed by atoms with Gasteiger partial charge >= 0.3 is 0 Å². The molecule has 5 nitrogen and oxygen atoms in total. The summed E-state index contributed by atoms with van der Waals surface area (Å²) in [7, 11) is 0. The Hall–Kier alpha value is -7.37. The molecule has 12 rings (SSSR count). The van der Waals surface area contributed by atoms with Gasteiger partial charge in [0.2, 0.25) is 5.95 Å². The molecule has 0 radical (unpaired) electrons. The molecule has 63 heavy (non-hydrogen) atoms. The van der Waals surface area contributed by atoms with Crippen LogP contribution in [0.25, 0.3) is 99.9 Å². The smallest absolute Gasteiger partial charge is 0.238 e. The van der Waals surface area contributed by atoms with Crippen LogP contribution in [0.3, 0.4) is 0 Å². The van der Waals surface area contributed by atoms with Crippen molar-refractivity contribution in [2.75, 3.05) is 0 Å². The molecule has 1 unspecified atom stereocenters. The van der Waals surface area contributed by atoms with Crippen molar-refractivity contribution in [3.63, 3.8) is 0 Å². The molecule has 0 saturated heterocycles. The van der Waals surface area contributed by atoms with Crippen molar-refractivity contribution >= 4 is 54.4 Å². The molecule has 0 bridgehead atoms. The highest BCUT2D eigenvalue weighted by Crippen LogP contribution is 2.53. The van der Waals surface area contributed by atoms with Gasteiger partial charge in [-0.3, -0.25) is 4.57 Å². The molecule has 0 aliphatic heterocycles. The Labute approximate surface area is 367 Å². The van der Waals surface area contributed by atoms with E-state index in [2.05, 4.69) is 183 Å². The molecule has 8 aromatic carbocycles. The predicted octanol–water partition coefficient (Wildman–Crippen LogP) is 14.8. The van der Waals surface area contributed by atoms with Crippen LogP contribution >= 0.6 is 0 Å². The Balaban J connectivity index is 1.20. The Morgan fingerprint density at radius 2 is 1.08 bits per heavy atom. The molecular formula is C58H47N5. The van der Waals surface area contributed by atoms with Crippen LogP contribution in [0.2, 0.25) is 0 Å². The highest BCUT2D eigenvalue weighted by molar-refractivity contribution is 6.23. The summed E-state index contributed by atoms with van der Waals surface area (Å²) in [5.41, 5.74) is 13.0. The second kappa shape index (κ2) is 13.8. The molecule has 1 atom stereocenters. The average molecular weight is 814 g/mol. The quantitative estimate of drug-likeness (QED) is 0.174. The standard InChI is InChI=1S/C58H47N5/c1-36-35-57(2,3)47-28-18-27-43(52(47)58(36,4)5)41-25-14-16-29-48(41)62-49-30-17-15-26-42(49)45-33-46-44-32-31-37-19-12-13-24-40(37)53(44)63(51(46)34-50(45)62)56-60-54(38-20-8-6-9-21-38)59-55(61-56)39-22-10-7-11-23-39/h6-34,36H,35H2,1-5H3. The SMILES string of the molecule is CC1CC(C)(C)c2cccc(-c3ccccc3-n3c4ccccc4c4cc5c6ccc7ccccc7c6n(-c6nc(-c7ccccc7)nc(-c7ccccc7)n6)c5cc43)c2C1(C)C. The molecule has 0 fully saturated rings. The van der Waals surface area contributed by atoms with Gasteiger partial charge in [-0.2, -0.15) is 9.97 Å². The fraction of sp³-hybridized carbons (Fsp3) is 0.155. The molecule has 304 valence electrons. The zero-order valence-electron chi connectivity index (χ0n) is 36.3. The van der Waals surface area contributed by atoms with E-state index in [1.54, 1.807) is 0 Å². The van der Waals surface area contributed by atoms with Crippen LogP contribution in [0.4, 0.5) is 0 Å². The van der Waals surface area contributed by atoms with Gasteiger partial charge in [-0.25, -0.2) is 4.98 Å². The number of aromatic nitrogens is 5. The van der Waals surface area contributed by atoms with Crippen LogP contribution in [-0.4, -0.2) is 24.1 Å². The van der Waals surface area contributed by atoms with E-state index < -0.39 is 0 Å². The minimum absolute atomic E-state index is 0.00694. The molecule has 1 aliphatic rings. The lowest BCUT2D eigenvalue weighted by molar-refractivity contribution is 0.234. The molecule has 1 aliphatic carbocycles. The maximum atomic E-state index is 5.34. The third kappa shape index (κ3) is 5.65. The summed E-state index contributed by atoms with van der Waals surface area (Å²) in [6.45, 7) is 12.2. The van der Waals surface area contributed by atoms with E-state index in [0.29, 0.717) is 23.5 Å². The second-order valence-corrected chi connectivity index (χ2v) is 18.7. The summed E-state index contributed by atoms with van der Waals surface area (Å²) in [6.07, 6.45) is 1.16. The van der Waals surface area contributed by atoms with Crippen molar-refractivity contribution in [3.05, 3.63) is 187 Å². The van der Waals surface area contributed by atoms with E-state index in [9.17, 15) is 0 Å². The lowest BCUT2D eigenvalue weighted by Gasteiger charge is -2.47. The fourth-order valence-electron chi connectivity index (χ4n) is 10.9. The van der Waals surface area contributed by atoms with Gasteiger partial charge < -0.3 is 4.57 Å². The minimum Gasteiger partial charge on any atom is -0.309 e. The maximum absolute atomic E-state index is 5.34. The molecule has 3 heterocycles. The van der Waals surface area contributed by atoms with E-state index in [0.717, 1.165) is 61.3 Å². The number of para-hydroxylation sites is 2. The van der Waals surface area contributed by atoms with E-state index in [-0.39, 0.29) is 10.8 Å². The second-order valence-electron chi connectivity index (χ2n) is 18.7. The first-order valence-corrected chi connectivity index (χ1v) is 22.2. The van der Waals surface area contributed by atoms with E-state index in [1.807, 2.05) is 36.4 Å². The lowest BCUT2D eigenvalue weighted by Crippen LogP contribution is -2.40. The highest BCUT2D eigenvalue weighted by Gasteiger charge is 2.43. The van der Waals surface area contributed by atoms with Crippen molar-refractivity contribution in [2.24, 2.45) is 5.92 Å². The number of hydrogen-bond acceptors (Lipinski definition) is 3. The van der Waals surface area contributed by atoms with Crippen molar-refractivity contribution in [1.82, 2.24) is 24.1 Å². The normalized spacial score (nSPS) is 15.7. The van der Waals surface area contributed by atoms with Crippen LogP contribution in [-0.2, 0) is 10.8 Å². The van der Waals surface area contributed by atoms with Gasteiger partial charge in [0.15, 0.2) is 11.6 Å². The summed E-state index contributed by atoms with van der Waals surface area (Å²) >= 11 is 0. The maximum Gasteiger partial charge on any atom is 0.238 e. The minimum atomic E-state index is -0.00694. The van der Waals surface area contributed by atoms with E-state index in [4.69, 9.17) is 15.0 Å². The summed E-state index contributed by atoms with van der Waals surface area (Å²) in [4.78, 5) is 15.8. The third-order valence-corrected chi connectivity index (χ3v) is 14.3. The lowest BCUT2D eigenvalue weighted by atomic mass is 9.57. The summed E-state index contributed by atoms with van der Waals surface area (Å²) in [5, 5.41) is 7.03. The Morgan fingerprint density at radius 3 is 1.83 bits per heavy atom. The zero-order chi connectivity index (χ0) is 42.6. The van der Waals surface area contributed by atoms with Gasteiger partial charge in [-0.05, 0) is 69.5 Å². The van der Waals surface area contributed by atoms with Crippen LogP contribution in [0, 0.1) is 5.92 Å². The third-order valence-electron chi connectivity index (χ3n) is 14.3. The van der Waals surface area contributed by atoms with E-state index in [1.165, 1.54) is 38.5 Å². The molecular weight excluding hydrogens is 767 g/mol. The summed E-state index contributed by atoms with van der Waals surface area (Å²) < 4.78 is 4.79. The van der Waals surface area contributed by atoms with Crippen molar-refractivity contribution in [2.45, 2.75) is 51.9 Å². The number of nitrogens with zero attached hydrogens (tertiary/aromatic N) is 5. The van der Waals surface area contributed by atoms with Crippen LogP contribution in [0.1, 0.15) is 52.2 Å². The first-order valence-electron chi connectivity index (χ1n) is 22.2. The molecule has 11 aromatic rings. The van der Waals surface area contributed by atoms with Crippen LogP contribution in [0.15, 0.2) is 176 Å². The monoisotopic (exact) mass is 813 g/mol. The van der Waals surface area contributed by atoms with Gasteiger partial charge in [-0.15, -0.1) is 0 Å². The number of hydrogen-bond donors (Lipinski definition) is 0. The molecule has 0 N–H and O–H groups in total. The fourth-order valence-corrected chi connectivity index (χ4v) is 10.9. The molecule has 0 amide bonds. The van der Waals surface area contributed by atoms with Gasteiger partial charge in [0.05, 0.1) is 27.8 Å². The van der Waals surface area contributed by atoms with Gasteiger partial charge in [-0.1, -0.05) is 186 Å². The van der Waals surface area contributed by atoms with Crippen LogP contribution in [0.5, 0.6) is 0 Å². The Bertz CT molecular complexity index is 3550. The van der Waals surface area contributed by atoms with Gasteiger partial charge in [0.1, 0.15) is 0 Å². The molecule has 5 heteroatoms. The Kier molecular flexibility index (Phi) is 8.20. The average Bonchev–Trinajstić information content (AvgIpc) is 3.82.